The Morgan fingerprint density at radius 3 is 2.67 bits per heavy atom. The maximum absolute atomic E-state index is 12.4. The maximum atomic E-state index is 12.4. The van der Waals surface area contributed by atoms with Crippen molar-refractivity contribution >= 4 is 40.9 Å². The van der Waals surface area contributed by atoms with Gasteiger partial charge in [-0.15, -0.1) is 11.8 Å². The Bertz CT molecular complexity index is 792. The highest BCUT2D eigenvalue weighted by Gasteiger charge is 2.21. The minimum Gasteiger partial charge on any atom is -0.352 e. The lowest BCUT2D eigenvalue weighted by molar-refractivity contribution is 0.0935. The average Bonchev–Trinajstić information content (AvgIpc) is 2.69. The minimum atomic E-state index is -0.154. The first kappa shape index (κ1) is 20.5. The molecule has 0 bridgehead atoms. The van der Waals surface area contributed by atoms with Crippen LogP contribution in [0.5, 0.6) is 0 Å². The Morgan fingerprint density at radius 1 is 1.19 bits per heavy atom. The molecule has 1 amide bonds. The van der Waals surface area contributed by atoms with Crippen molar-refractivity contribution in [2.45, 2.75) is 24.3 Å². The molecule has 3 nitrogen and oxygen atoms in total. The van der Waals surface area contributed by atoms with Crippen LogP contribution in [0.1, 0.15) is 28.8 Å². The number of carbonyl (C=O) groups excluding carboxylic acids is 1. The average molecular weight is 423 g/mol. The highest BCUT2D eigenvalue weighted by molar-refractivity contribution is 7.98. The SMILES string of the molecule is CSc1ccccc1CN1CCC(CNC(=O)c2cc(Cl)ccc2Cl)CC1. The van der Waals surface area contributed by atoms with Gasteiger partial charge in [-0.2, -0.15) is 0 Å². The van der Waals surface area contributed by atoms with Crippen LogP contribution in [-0.2, 0) is 6.54 Å². The normalized spacial score (nSPS) is 15.7. The number of nitrogens with zero attached hydrogens (tertiary/aromatic N) is 1. The van der Waals surface area contributed by atoms with Crippen molar-refractivity contribution in [3.8, 4) is 0 Å². The van der Waals surface area contributed by atoms with Gasteiger partial charge in [-0.05, 0) is 67.9 Å². The fourth-order valence-corrected chi connectivity index (χ4v) is 4.41. The first-order valence-electron chi connectivity index (χ1n) is 9.14. The molecular formula is C21H24Cl2N2OS. The largest absolute Gasteiger partial charge is 0.352 e. The van der Waals surface area contributed by atoms with Gasteiger partial charge < -0.3 is 5.32 Å². The van der Waals surface area contributed by atoms with Crippen LogP contribution >= 0.6 is 35.0 Å². The van der Waals surface area contributed by atoms with E-state index in [9.17, 15) is 4.79 Å². The van der Waals surface area contributed by atoms with Gasteiger partial charge in [0, 0.05) is 23.0 Å². The Kier molecular flexibility index (Phi) is 7.48. The molecule has 0 atom stereocenters. The van der Waals surface area contributed by atoms with Crippen LogP contribution in [0.25, 0.3) is 0 Å². The van der Waals surface area contributed by atoms with Gasteiger partial charge in [0.25, 0.3) is 5.91 Å². The third kappa shape index (κ3) is 5.64. The second-order valence-corrected chi connectivity index (χ2v) is 8.56. The van der Waals surface area contributed by atoms with Gasteiger partial charge in [-0.25, -0.2) is 0 Å². The molecular weight excluding hydrogens is 399 g/mol. The number of hydrogen-bond donors (Lipinski definition) is 1. The Morgan fingerprint density at radius 2 is 1.93 bits per heavy atom. The molecule has 6 heteroatoms. The number of carbonyl (C=O) groups is 1. The number of thioether (sulfide) groups is 1. The quantitative estimate of drug-likeness (QED) is 0.635. The number of rotatable bonds is 6. The van der Waals surface area contributed by atoms with Crippen LogP contribution < -0.4 is 5.32 Å². The molecule has 2 aromatic rings. The van der Waals surface area contributed by atoms with E-state index < -0.39 is 0 Å². The van der Waals surface area contributed by atoms with E-state index in [1.807, 2.05) is 0 Å². The van der Waals surface area contributed by atoms with E-state index in [0.29, 0.717) is 28.1 Å². The van der Waals surface area contributed by atoms with Gasteiger partial charge in [-0.3, -0.25) is 9.69 Å². The molecule has 0 aromatic heterocycles. The zero-order valence-electron chi connectivity index (χ0n) is 15.4. The van der Waals surface area contributed by atoms with E-state index in [2.05, 4.69) is 40.7 Å². The van der Waals surface area contributed by atoms with Gasteiger partial charge >= 0.3 is 0 Å². The lowest BCUT2D eigenvalue weighted by Gasteiger charge is -2.32. The van der Waals surface area contributed by atoms with Crippen LogP contribution in [0.2, 0.25) is 10.0 Å². The minimum absolute atomic E-state index is 0.154. The molecule has 1 fully saturated rings. The number of nitrogens with one attached hydrogen (secondary N) is 1. The smallest absolute Gasteiger partial charge is 0.252 e. The molecule has 144 valence electrons. The van der Waals surface area contributed by atoms with Crippen molar-refractivity contribution in [2.75, 3.05) is 25.9 Å². The number of benzene rings is 2. The molecule has 1 aliphatic rings. The highest BCUT2D eigenvalue weighted by Crippen LogP contribution is 2.25. The fraction of sp³-hybridized carbons (Fsp3) is 0.381. The van der Waals surface area contributed by atoms with Crippen molar-refractivity contribution < 1.29 is 4.79 Å². The van der Waals surface area contributed by atoms with Crippen LogP contribution in [0.4, 0.5) is 0 Å². The first-order chi connectivity index (χ1) is 13.1. The second kappa shape index (κ2) is 9.83. The molecule has 1 aliphatic heterocycles. The molecule has 1 saturated heterocycles. The number of piperidine rings is 1. The van der Waals surface area contributed by atoms with Crippen LogP contribution in [0, 0.1) is 5.92 Å². The Balaban J connectivity index is 1.47. The van der Waals surface area contributed by atoms with Crippen molar-refractivity contribution in [3.05, 3.63) is 63.6 Å². The lowest BCUT2D eigenvalue weighted by atomic mass is 9.96. The summed E-state index contributed by atoms with van der Waals surface area (Å²) >= 11 is 13.9. The third-order valence-corrected chi connectivity index (χ3v) is 6.42. The van der Waals surface area contributed by atoms with E-state index in [4.69, 9.17) is 23.2 Å². The molecule has 1 N–H and O–H groups in total. The molecule has 0 unspecified atom stereocenters. The standard InChI is InChI=1S/C21H24Cl2N2OS/c1-27-20-5-3-2-4-16(20)14-25-10-8-15(9-11-25)13-24-21(26)18-12-17(22)6-7-19(18)23/h2-7,12,15H,8-11,13-14H2,1H3,(H,24,26). The molecule has 0 aliphatic carbocycles. The molecule has 0 saturated carbocycles. The lowest BCUT2D eigenvalue weighted by Crippen LogP contribution is -2.38. The summed E-state index contributed by atoms with van der Waals surface area (Å²) in [6, 6.07) is 13.6. The summed E-state index contributed by atoms with van der Waals surface area (Å²) in [6.45, 7) is 3.79. The third-order valence-electron chi connectivity index (χ3n) is 5.02. The zero-order chi connectivity index (χ0) is 19.2. The summed E-state index contributed by atoms with van der Waals surface area (Å²) in [5.41, 5.74) is 1.84. The predicted octanol–water partition coefficient (Wildman–Crippen LogP) is 5.36. The molecule has 2 aromatic carbocycles. The number of likely N-dealkylation sites (tertiary alicyclic amines) is 1. The molecule has 1 heterocycles. The Labute approximate surface area is 175 Å². The van der Waals surface area contributed by atoms with Crippen LogP contribution in [0.3, 0.4) is 0 Å². The van der Waals surface area contributed by atoms with Crippen LogP contribution in [-0.4, -0.2) is 36.7 Å². The van der Waals surface area contributed by atoms with Crippen molar-refractivity contribution in [1.29, 1.82) is 0 Å². The van der Waals surface area contributed by atoms with E-state index in [0.717, 1.165) is 32.5 Å². The Hall–Kier alpha value is -1.20. The summed E-state index contributed by atoms with van der Waals surface area (Å²) in [4.78, 5) is 16.2. The topological polar surface area (TPSA) is 32.3 Å². The van der Waals surface area contributed by atoms with Gasteiger partial charge in [-0.1, -0.05) is 41.4 Å². The van der Waals surface area contributed by atoms with E-state index in [-0.39, 0.29) is 5.91 Å². The summed E-state index contributed by atoms with van der Waals surface area (Å²) in [5, 5.41) is 3.96. The molecule has 0 radical (unpaired) electrons. The maximum Gasteiger partial charge on any atom is 0.252 e. The number of halogens is 2. The van der Waals surface area contributed by atoms with Crippen molar-refractivity contribution in [1.82, 2.24) is 10.2 Å². The van der Waals surface area contributed by atoms with Gasteiger partial charge in [0.05, 0.1) is 10.6 Å². The highest BCUT2D eigenvalue weighted by atomic mass is 35.5. The molecule has 27 heavy (non-hydrogen) atoms. The number of amides is 1. The summed E-state index contributed by atoms with van der Waals surface area (Å²) < 4.78 is 0. The zero-order valence-corrected chi connectivity index (χ0v) is 17.7. The van der Waals surface area contributed by atoms with E-state index in [1.54, 1.807) is 30.0 Å². The fourth-order valence-electron chi connectivity index (χ4n) is 3.43. The first-order valence-corrected chi connectivity index (χ1v) is 11.1. The van der Waals surface area contributed by atoms with Gasteiger partial charge in [0.15, 0.2) is 0 Å². The van der Waals surface area contributed by atoms with Crippen molar-refractivity contribution in [2.24, 2.45) is 5.92 Å². The van der Waals surface area contributed by atoms with Gasteiger partial charge in [0.2, 0.25) is 0 Å². The molecule has 3 rings (SSSR count). The monoisotopic (exact) mass is 422 g/mol. The predicted molar refractivity (Wildman–Crippen MR) is 115 cm³/mol. The van der Waals surface area contributed by atoms with E-state index in [1.165, 1.54) is 10.5 Å². The second-order valence-electron chi connectivity index (χ2n) is 6.87. The van der Waals surface area contributed by atoms with E-state index >= 15 is 0 Å². The summed E-state index contributed by atoms with van der Waals surface area (Å²) in [6.07, 6.45) is 4.30. The van der Waals surface area contributed by atoms with Crippen molar-refractivity contribution in [3.63, 3.8) is 0 Å². The molecule has 0 spiro atoms. The van der Waals surface area contributed by atoms with Gasteiger partial charge in [0.1, 0.15) is 0 Å². The van der Waals surface area contributed by atoms with Crippen LogP contribution in [0.15, 0.2) is 47.4 Å². The summed E-state index contributed by atoms with van der Waals surface area (Å²) in [7, 11) is 0. The summed E-state index contributed by atoms with van der Waals surface area (Å²) in [5.74, 6) is 0.345. The number of hydrogen-bond acceptors (Lipinski definition) is 3.